The zero-order chi connectivity index (χ0) is 22.6. The van der Waals surface area contributed by atoms with Crippen LogP contribution < -0.4 is 16.4 Å². The number of nitrogens with two attached hydrogens (primary N) is 1. The van der Waals surface area contributed by atoms with Gasteiger partial charge in [0.05, 0.1) is 17.8 Å². The van der Waals surface area contributed by atoms with Gasteiger partial charge < -0.3 is 16.4 Å². The summed E-state index contributed by atoms with van der Waals surface area (Å²) in [7, 11) is 0. The molecule has 0 radical (unpaired) electrons. The molecule has 8 nitrogen and oxygen atoms in total. The van der Waals surface area contributed by atoms with E-state index >= 15 is 0 Å². The molecule has 0 saturated carbocycles. The molecule has 172 valence electrons. The number of benzene rings is 1. The van der Waals surface area contributed by atoms with Crippen LogP contribution in [0.1, 0.15) is 41.2 Å². The number of aromatic nitrogens is 3. The van der Waals surface area contributed by atoms with Gasteiger partial charge in [-0.3, -0.25) is 14.4 Å². The highest BCUT2D eigenvalue weighted by atomic mass is 16.1. The number of hydrogen-bond donors (Lipinski definition) is 3. The predicted molar refractivity (Wildman–Crippen MR) is 129 cm³/mol. The van der Waals surface area contributed by atoms with Crippen LogP contribution in [-0.4, -0.2) is 57.8 Å². The molecule has 2 aromatic heterocycles. The van der Waals surface area contributed by atoms with E-state index < -0.39 is 0 Å². The Morgan fingerprint density at radius 3 is 2.76 bits per heavy atom. The quantitative estimate of drug-likeness (QED) is 0.539. The molecule has 0 aliphatic carbocycles. The lowest BCUT2D eigenvalue weighted by Crippen LogP contribution is -2.37. The van der Waals surface area contributed by atoms with E-state index in [0.29, 0.717) is 11.6 Å². The van der Waals surface area contributed by atoms with Crippen LogP contribution in [0.5, 0.6) is 0 Å². The summed E-state index contributed by atoms with van der Waals surface area (Å²) in [5, 5.41) is 11.1. The van der Waals surface area contributed by atoms with Crippen molar-refractivity contribution in [1.82, 2.24) is 30.3 Å². The number of anilines is 1. The van der Waals surface area contributed by atoms with Gasteiger partial charge in [-0.15, -0.1) is 0 Å². The van der Waals surface area contributed by atoms with Gasteiger partial charge in [0.1, 0.15) is 5.82 Å². The first-order chi connectivity index (χ1) is 16.2. The Morgan fingerprint density at radius 1 is 1.12 bits per heavy atom. The maximum Gasteiger partial charge on any atom is 0.255 e. The first kappa shape index (κ1) is 21.6. The van der Waals surface area contributed by atoms with Crippen LogP contribution in [-0.2, 0) is 6.54 Å². The molecule has 2 aliphatic heterocycles. The third-order valence-electron chi connectivity index (χ3n) is 6.64. The highest BCUT2D eigenvalue weighted by molar-refractivity contribution is 5.99. The molecular weight excluding hydrogens is 414 g/mol. The highest BCUT2D eigenvalue weighted by Gasteiger charge is 2.25. The van der Waals surface area contributed by atoms with E-state index in [2.05, 4.69) is 49.9 Å². The molecule has 8 heteroatoms. The number of nitrogens with zero attached hydrogens (tertiary/aromatic N) is 4. The number of likely N-dealkylation sites (tertiary alicyclic amines) is 1. The molecule has 5 rings (SSSR count). The molecule has 33 heavy (non-hydrogen) atoms. The van der Waals surface area contributed by atoms with Crippen LogP contribution in [0.15, 0.2) is 55.0 Å². The van der Waals surface area contributed by atoms with Crippen LogP contribution in [0.3, 0.4) is 0 Å². The van der Waals surface area contributed by atoms with Crippen molar-refractivity contribution in [3.63, 3.8) is 0 Å². The second kappa shape index (κ2) is 9.72. The Labute approximate surface area is 194 Å². The number of hydrogen-bond acceptors (Lipinski definition) is 6. The van der Waals surface area contributed by atoms with Crippen molar-refractivity contribution in [1.29, 1.82) is 0 Å². The van der Waals surface area contributed by atoms with E-state index in [0.717, 1.165) is 63.1 Å². The fourth-order valence-corrected chi connectivity index (χ4v) is 4.77. The van der Waals surface area contributed by atoms with Crippen molar-refractivity contribution in [2.45, 2.75) is 37.9 Å². The molecule has 4 N–H and O–H groups in total. The van der Waals surface area contributed by atoms with Crippen molar-refractivity contribution < 1.29 is 4.79 Å². The lowest BCUT2D eigenvalue weighted by Gasteiger charge is -2.22. The number of amides is 1. The average Bonchev–Trinajstić information content (AvgIpc) is 3.51. The van der Waals surface area contributed by atoms with Crippen LogP contribution in [0.4, 0.5) is 5.82 Å². The summed E-state index contributed by atoms with van der Waals surface area (Å²) >= 11 is 0. The number of carbonyl (C=O) groups excluding carboxylic acids is 1. The Kier molecular flexibility index (Phi) is 6.37. The number of nitrogen functional groups attached to an aromatic ring is 1. The van der Waals surface area contributed by atoms with Gasteiger partial charge in [-0.05, 0) is 44.0 Å². The lowest BCUT2D eigenvalue weighted by molar-refractivity contribution is 0.0938. The van der Waals surface area contributed by atoms with E-state index in [-0.39, 0.29) is 17.8 Å². The van der Waals surface area contributed by atoms with Gasteiger partial charge in [-0.1, -0.05) is 30.3 Å². The summed E-state index contributed by atoms with van der Waals surface area (Å²) in [6.45, 7) is 4.71. The minimum Gasteiger partial charge on any atom is -0.383 e. The number of pyridine rings is 1. The normalized spacial score (nSPS) is 19.6. The molecule has 4 heterocycles. The molecule has 1 amide bonds. The maximum atomic E-state index is 13.0. The SMILES string of the molecule is Nc1ncc(-c2cnn(C3CCNCC3)c2)cc1C(=O)NC1CCN(Cc2ccccc2)C1. The Hall–Kier alpha value is -3.23. The summed E-state index contributed by atoms with van der Waals surface area (Å²) in [6, 6.07) is 12.8. The smallest absolute Gasteiger partial charge is 0.255 e. The molecule has 1 aromatic carbocycles. The first-order valence-electron chi connectivity index (χ1n) is 11.7. The molecule has 1 unspecified atom stereocenters. The molecule has 2 fully saturated rings. The maximum absolute atomic E-state index is 13.0. The van der Waals surface area contributed by atoms with E-state index in [1.165, 1.54) is 5.56 Å². The van der Waals surface area contributed by atoms with E-state index in [4.69, 9.17) is 5.73 Å². The standard InChI is InChI=1S/C25H31N7O/c26-24-23(25(33)30-21-8-11-31(17-21)15-18-4-2-1-3-5-18)12-19(13-28-24)20-14-29-32(16-20)22-6-9-27-10-7-22/h1-5,12-14,16,21-22,27H,6-11,15,17H2,(H2,26,28)(H,30,33). The molecule has 0 bridgehead atoms. The molecule has 0 spiro atoms. The van der Waals surface area contributed by atoms with Crippen molar-refractivity contribution in [2.24, 2.45) is 0 Å². The summed E-state index contributed by atoms with van der Waals surface area (Å²) in [4.78, 5) is 19.7. The predicted octanol–water partition coefficient (Wildman–Crippen LogP) is 2.46. The Balaban J connectivity index is 1.24. The second-order valence-electron chi connectivity index (χ2n) is 9.03. The first-order valence-corrected chi connectivity index (χ1v) is 11.7. The fourth-order valence-electron chi connectivity index (χ4n) is 4.77. The lowest BCUT2D eigenvalue weighted by atomic mass is 10.1. The van der Waals surface area contributed by atoms with Gasteiger partial charge in [0, 0.05) is 49.2 Å². The Morgan fingerprint density at radius 2 is 1.94 bits per heavy atom. The van der Waals surface area contributed by atoms with E-state index in [1.54, 1.807) is 6.20 Å². The zero-order valence-corrected chi connectivity index (χ0v) is 18.8. The van der Waals surface area contributed by atoms with Crippen molar-refractivity contribution >= 4 is 11.7 Å². The van der Waals surface area contributed by atoms with Crippen LogP contribution in [0, 0.1) is 0 Å². The third kappa shape index (κ3) is 5.07. The topological polar surface area (TPSA) is 101 Å². The summed E-state index contributed by atoms with van der Waals surface area (Å²) in [5.41, 5.74) is 9.59. The van der Waals surface area contributed by atoms with Gasteiger partial charge in [0.2, 0.25) is 0 Å². The molecule has 3 aromatic rings. The number of piperidine rings is 1. The highest BCUT2D eigenvalue weighted by Crippen LogP contribution is 2.25. The number of rotatable bonds is 6. The Bertz CT molecular complexity index is 1090. The van der Waals surface area contributed by atoms with Crippen LogP contribution >= 0.6 is 0 Å². The van der Waals surface area contributed by atoms with Crippen LogP contribution in [0.25, 0.3) is 11.1 Å². The molecule has 1 atom stereocenters. The minimum absolute atomic E-state index is 0.104. The van der Waals surface area contributed by atoms with Gasteiger partial charge in [0.15, 0.2) is 0 Å². The summed E-state index contributed by atoms with van der Waals surface area (Å²) in [6.07, 6.45) is 8.66. The van der Waals surface area contributed by atoms with Crippen molar-refractivity contribution in [3.05, 3.63) is 66.1 Å². The van der Waals surface area contributed by atoms with Crippen molar-refractivity contribution in [3.8, 4) is 11.1 Å². The summed E-state index contributed by atoms with van der Waals surface area (Å²) < 4.78 is 2.03. The molecule has 2 saturated heterocycles. The van der Waals surface area contributed by atoms with Gasteiger partial charge in [-0.25, -0.2) is 4.98 Å². The average molecular weight is 446 g/mol. The van der Waals surface area contributed by atoms with Gasteiger partial charge in [-0.2, -0.15) is 5.10 Å². The van der Waals surface area contributed by atoms with Crippen LogP contribution in [0.2, 0.25) is 0 Å². The van der Waals surface area contributed by atoms with Gasteiger partial charge >= 0.3 is 0 Å². The van der Waals surface area contributed by atoms with E-state index in [1.807, 2.05) is 29.2 Å². The third-order valence-corrected chi connectivity index (χ3v) is 6.64. The summed E-state index contributed by atoms with van der Waals surface area (Å²) in [5.74, 6) is 0.0836. The largest absolute Gasteiger partial charge is 0.383 e. The molecular formula is C25H31N7O. The second-order valence-corrected chi connectivity index (χ2v) is 9.03. The molecule has 2 aliphatic rings. The van der Waals surface area contributed by atoms with Gasteiger partial charge in [0.25, 0.3) is 5.91 Å². The minimum atomic E-state index is -0.167. The monoisotopic (exact) mass is 445 g/mol. The van der Waals surface area contributed by atoms with Crippen molar-refractivity contribution in [2.75, 3.05) is 31.9 Å². The van der Waals surface area contributed by atoms with E-state index in [9.17, 15) is 4.79 Å². The number of nitrogens with one attached hydrogen (secondary N) is 2. The fraction of sp³-hybridized carbons (Fsp3) is 0.400. The number of carbonyl (C=O) groups is 1. The zero-order valence-electron chi connectivity index (χ0n) is 18.8.